The monoisotopic (exact) mass is 539 g/mol. The molecular formula is C31H33N5O2S. The molecule has 1 aliphatic rings. The fourth-order valence-corrected chi connectivity index (χ4v) is 5.51. The van der Waals surface area contributed by atoms with E-state index in [-0.39, 0.29) is 11.7 Å². The van der Waals surface area contributed by atoms with Crippen molar-refractivity contribution in [2.24, 2.45) is 5.10 Å². The molecule has 5 rings (SSSR count). The van der Waals surface area contributed by atoms with Crippen LogP contribution in [0.2, 0.25) is 0 Å². The average Bonchev–Trinajstić information content (AvgIpc) is 3.41. The third kappa shape index (κ3) is 7.35. The van der Waals surface area contributed by atoms with E-state index < -0.39 is 0 Å². The SMILES string of the molecule is Cc1ccc(-c2nnc(SCC(=O)NN=Cc3cccc(OCc4ccccc4)c3)n2C2CCCCC2)cc1. The maximum atomic E-state index is 12.6. The molecule has 200 valence electrons. The quantitative estimate of drug-likeness (QED) is 0.140. The van der Waals surface area contributed by atoms with E-state index in [1.807, 2.05) is 54.6 Å². The van der Waals surface area contributed by atoms with Crippen LogP contribution in [-0.4, -0.2) is 32.6 Å². The molecule has 39 heavy (non-hydrogen) atoms. The summed E-state index contributed by atoms with van der Waals surface area (Å²) in [5.41, 5.74) is 6.84. The summed E-state index contributed by atoms with van der Waals surface area (Å²) in [5, 5.41) is 13.9. The van der Waals surface area contributed by atoms with Gasteiger partial charge in [-0.15, -0.1) is 10.2 Å². The second-order valence-corrected chi connectivity index (χ2v) is 10.7. The summed E-state index contributed by atoms with van der Waals surface area (Å²) in [7, 11) is 0. The Balaban J connectivity index is 1.19. The molecule has 7 nitrogen and oxygen atoms in total. The number of aryl methyl sites for hydroxylation is 1. The third-order valence-electron chi connectivity index (χ3n) is 6.76. The molecule has 1 aliphatic carbocycles. The first-order chi connectivity index (χ1) is 19.2. The first-order valence-corrected chi connectivity index (χ1v) is 14.4. The van der Waals surface area contributed by atoms with Crippen LogP contribution in [0.1, 0.15) is 54.8 Å². The number of ether oxygens (including phenoxy) is 1. The molecule has 0 unspecified atom stereocenters. The first kappa shape index (κ1) is 26.7. The zero-order chi connectivity index (χ0) is 26.9. The lowest BCUT2D eigenvalue weighted by Crippen LogP contribution is -2.20. The number of nitrogens with zero attached hydrogens (tertiary/aromatic N) is 4. The van der Waals surface area contributed by atoms with Crippen LogP contribution in [0.4, 0.5) is 0 Å². The van der Waals surface area contributed by atoms with Crippen LogP contribution in [0, 0.1) is 6.92 Å². The van der Waals surface area contributed by atoms with E-state index in [2.05, 4.69) is 56.5 Å². The molecule has 3 aromatic carbocycles. The molecule has 0 atom stereocenters. The van der Waals surface area contributed by atoms with Crippen molar-refractivity contribution < 1.29 is 9.53 Å². The van der Waals surface area contributed by atoms with Crippen molar-refractivity contribution in [2.75, 3.05) is 5.75 Å². The lowest BCUT2D eigenvalue weighted by Gasteiger charge is -2.25. The molecule has 1 aromatic heterocycles. The molecule has 8 heteroatoms. The number of hydrogen-bond acceptors (Lipinski definition) is 6. The average molecular weight is 540 g/mol. The predicted molar refractivity (Wildman–Crippen MR) is 156 cm³/mol. The molecule has 0 aliphatic heterocycles. The minimum Gasteiger partial charge on any atom is -0.489 e. The highest BCUT2D eigenvalue weighted by molar-refractivity contribution is 7.99. The van der Waals surface area contributed by atoms with Gasteiger partial charge in [-0.2, -0.15) is 5.10 Å². The second kappa shape index (κ2) is 13.2. The van der Waals surface area contributed by atoms with E-state index in [1.54, 1.807) is 6.21 Å². The molecule has 0 spiro atoms. The van der Waals surface area contributed by atoms with Crippen molar-refractivity contribution in [3.8, 4) is 17.1 Å². The Morgan fingerprint density at radius 1 is 1.03 bits per heavy atom. The van der Waals surface area contributed by atoms with Crippen LogP contribution in [0.3, 0.4) is 0 Å². The van der Waals surface area contributed by atoms with Crippen LogP contribution in [0.15, 0.2) is 89.1 Å². The molecule has 1 N–H and O–H groups in total. The summed E-state index contributed by atoms with van der Waals surface area (Å²) in [6, 6.07) is 26.4. The summed E-state index contributed by atoms with van der Waals surface area (Å²) < 4.78 is 8.12. The number of nitrogens with one attached hydrogen (secondary N) is 1. The molecule has 0 radical (unpaired) electrons. The van der Waals surface area contributed by atoms with E-state index in [0.29, 0.717) is 12.6 Å². The van der Waals surface area contributed by atoms with Gasteiger partial charge in [0.05, 0.1) is 12.0 Å². The number of aromatic nitrogens is 3. The minimum absolute atomic E-state index is 0.192. The Morgan fingerprint density at radius 3 is 2.62 bits per heavy atom. The molecule has 1 heterocycles. The fraction of sp³-hybridized carbons (Fsp3) is 0.290. The summed E-state index contributed by atoms with van der Waals surface area (Å²) in [5.74, 6) is 1.63. The zero-order valence-corrected chi connectivity index (χ0v) is 22.9. The Hall–Kier alpha value is -3.91. The van der Waals surface area contributed by atoms with Gasteiger partial charge in [0.15, 0.2) is 11.0 Å². The molecule has 1 amide bonds. The lowest BCUT2D eigenvalue weighted by atomic mass is 9.95. The Labute approximate surface area is 233 Å². The van der Waals surface area contributed by atoms with Gasteiger partial charge in [-0.05, 0) is 43.0 Å². The molecule has 1 fully saturated rings. The third-order valence-corrected chi connectivity index (χ3v) is 7.70. The highest BCUT2D eigenvalue weighted by Gasteiger charge is 2.24. The molecule has 1 saturated carbocycles. The van der Waals surface area contributed by atoms with Crippen molar-refractivity contribution in [1.82, 2.24) is 20.2 Å². The maximum absolute atomic E-state index is 12.6. The number of carbonyl (C=O) groups is 1. The van der Waals surface area contributed by atoms with Gasteiger partial charge >= 0.3 is 0 Å². The maximum Gasteiger partial charge on any atom is 0.250 e. The van der Waals surface area contributed by atoms with Crippen molar-refractivity contribution >= 4 is 23.9 Å². The van der Waals surface area contributed by atoms with Gasteiger partial charge in [-0.1, -0.05) is 103 Å². The van der Waals surface area contributed by atoms with Gasteiger partial charge in [-0.3, -0.25) is 9.36 Å². The first-order valence-electron chi connectivity index (χ1n) is 13.4. The van der Waals surface area contributed by atoms with E-state index in [1.165, 1.54) is 36.6 Å². The highest BCUT2D eigenvalue weighted by atomic mass is 32.2. The van der Waals surface area contributed by atoms with Crippen LogP contribution in [0.25, 0.3) is 11.4 Å². The van der Waals surface area contributed by atoms with E-state index in [4.69, 9.17) is 4.74 Å². The lowest BCUT2D eigenvalue weighted by molar-refractivity contribution is -0.118. The van der Waals surface area contributed by atoms with Crippen molar-refractivity contribution in [1.29, 1.82) is 0 Å². The number of carbonyl (C=O) groups excluding carboxylic acids is 1. The standard InChI is InChI=1S/C31H33N5O2S/c1-23-15-17-26(18-16-23)30-34-35-31(36(30)27-12-6-3-7-13-27)39-22-29(37)33-32-20-25-11-8-14-28(19-25)38-21-24-9-4-2-5-10-24/h2,4-5,8-11,14-20,27H,3,6-7,12-13,21-22H2,1H3,(H,33,37). The number of hydrogen-bond donors (Lipinski definition) is 1. The Bertz CT molecular complexity index is 1400. The Kier molecular flexibility index (Phi) is 9.06. The van der Waals surface area contributed by atoms with Crippen molar-refractivity contribution in [3.63, 3.8) is 0 Å². The summed E-state index contributed by atoms with van der Waals surface area (Å²) in [6.45, 7) is 2.57. The van der Waals surface area contributed by atoms with Gasteiger partial charge in [0.2, 0.25) is 0 Å². The molecule has 4 aromatic rings. The van der Waals surface area contributed by atoms with E-state index in [9.17, 15) is 4.79 Å². The van der Waals surface area contributed by atoms with Crippen LogP contribution in [-0.2, 0) is 11.4 Å². The summed E-state index contributed by atoms with van der Waals surface area (Å²) in [4.78, 5) is 12.6. The summed E-state index contributed by atoms with van der Waals surface area (Å²) >= 11 is 1.40. The van der Waals surface area contributed by atoms with Crippen molar-refractivity contribution in [2.45, 2.75) is 56.8 Å². The smallest absolute Gasteiger partial charge is 0.250 e. The number of amides is 1. The number of hydrazone groups is 1. The zero-order valence-electron chi connectivity index (χ0n) is 22.1. The van der Waals surface area contributed by atoms with Gasteiger partial charge in [0, 0.05) is 11.6 Å². The normalized spacial score (nSPS) is 14.0. The van der Waals surface area contributed by atoms with Gasteiger partial charge < -0.3 is 4.74 Å². The summed E-state index contributed by atoms with van der Waals surface area (Å²) in [6.07, 6.45) is 7.51. The number of rotatable bonds is 10. The van der Waals surface area contributed by atoms with E-state index in [0.717, 1.165) is 46.3 Å². The predicted octanol–water partition coefficient (Wildman–Crippen LogP) is 6.58. The topological polar surface area (TPSA) is 81.4 Å². The fourth-order valence-electron chi connectivity index (χ4n) is 4.71. The van der Waals surface area contributed by atoms with Gasteiger partial charge in [-0.25, -0.2) is 5.43 Å². The van der Waals surface area contributed by atoms with Crippen LogP contribution >= 0.6 is 11.8 Å². The number of thioether (sulfide) groups is 1. The van der Waals surface area contributed by atoms with Crippen LogP contribution in [0.5, 0.6) is 5.75 Å². The van der Waals surface area contributed by atoms with Gasteiger partial charge in [0.25, 0.3) is 5.91 Å². The van der Waals surface area contributed by atoms with Crippen molar-refractivity contribution in [3.05, 3.63) is 95.6 Å². The van der Waals surface area contributed by atoms with Crippen LogP contribution < -0.4 is 10.2 Å². The molecule has 0 bridgehead atoms. The second-order valence-electron chi connectivity index (χ2n) is 9.76. The largest absolute Gasteiger partial charge is 0.489 e. The van der Waals surface area contributed by atoms with E-state index >= 15 is 0 Å². The minimum atomic E-state index is -0.192. The molecule has 0 saturated heterocycles. The highest BCUT2D eigenvalue weighted by Crippen LogP contribution is 2.35. The molecular weight excluding hydrogens is 506 g/mol. The van der Waals surface area contributed by atoms with Gasteiger partial charge in [0.1, 0.15) is 12.4 Å². The Morgan fingerprint density at radius 2 is 1.82 bits per heavy atom. The number of benzene rings is 3.